The average Bonchev–Trinajstić information content (AvgIpc) is 3.25. The van der Waals surface area contributed by atoms with Gasteiger partial charge in [0.15, 0.2) is 5.82 Å². The van der Waals surface area contributed by atoms with Crippen molar-refractivity contribution in [2.45, 2.75) is 23.4 Å². The number of carbonyl (C=O) groups excluding carboxylic acids is 1. The highest BCUT2D eigenvalue weighted by atomic mass is 35.5. The van der Waals surface area contributed by atoms with Gasteiger partial charge in [-0.25, -0.2) is 9.07 Å². The molecule has 3 aromatic carbocycles. The van der Waals surface area contributed by atoms with E-state index < -0.39 is 11.3 Å². The smallest absolute Gasteiger partial charge is 0.240 e. The maximum atomic E-state index is 13.6. The molecule has 0 fully saturated rings. The number of hydrogen-bond acceptors (Lipinski definition) is 5. The second-order valence-electron chi connectivity index (χ2n) is 7.66. The van der Waals surface area contributed by atoms with E-state index in [1.165, 1.54) is 23.9 Å². The lowest BCUT2D eigenvalue weighted by molar-refractivity contribution is -0.116. The summed E-state index contributed by atoms with van der Waals surface area (Å²) in [5.74, 6) is 0.0686. The van der Waals surface area contributed by atoms with Gasteiger partial charge in [0.25, 0.3) is 0 Å². The molecule has 6 nitrogen and oxygen atoms in total. The molecule has 166 valence electrons. The third kappa shape index (κ3) is 4.31. The summed E-state index contributed by atoms with van der Waals surface area (Å²) in [5.41, 5.74) is 6.56. The van der Waals surface area contributed by atoms with Gasteiger partial charge in [-0.15, -0.1) is 10.2 Å². The highest BCUT2D eigenvalue weighted by Crippen LogP contribution is 2.39. The molecular weight excluding hydrogens is 461 g/mol. The van der Waals surface area contributed by atoms with Gasteiger partial charge in [-0.05, 0) is 42.3 Å². The molecule has 4 aromatic rings. The van der Waals surface area contributed by atoms with E-state index in [9.17, 15) is 9.18 Å². The molecule has 1 aliphatic rings. The molecule has 2 heterocycles. The Hall–Kier alpha value is -3.36. The van der Waals surface area contributed by atoms with Crippen molar-refractivity contribution in [2.75, 3.05) is 10.7 Å². The summed E-state index contributed by atoms with van der Waals surface area (Å²) in [6, 6.07) is 20.7. The Morgan fingerprint density at radius 3 is 2.58 bits per heavy atom. The van der Waals surface area contributed by atoms with Gasteiger partial charge in [-0.2, -0.15) is 0 Å². The zero-order chi connectivity index (χ0) is 22.9. The number of halogens is 2. The maximum Gasteiger partial charge on any atom is 0.240 e. The number of amides is 1. The van der Waals surface area contributed by atoms with Gasteiger partial charge in [0.1, 0.15) is 11.1 Å². The number of thioether (sulfide) groups is 1. The second-order valence-corrected chi connectivity index (χ2v) is 9.17. The zero-order valence-corrected chi connectivity index (χ0v) is 19.1. The zero-order valence-electron chi connectivity index (χ0n) is 17.5. The lowest BCUT2D eigenvalue weighted by atomic mass is 10.0. The molecule has 33 heavy (non-hydrogen) atoms. The van der Waals surface area contributed by atoms with Crippen LogP contribution in [0.25, 0.3) is 11.4 Å². The van der Waals surface area contributed by atoms with Crippen LogP contribution in [0.1, 0.15) is 17.2 Å². The Balaban J connectivity index is 1.50. The number of nitrogens with zero attached hydrogens (tertiary/aromatic N) is 3. The van der Waals surface area contributed by atoms with Crippen molar-refractivity contribution in [3.05, 3.63) is 94.8 Å². The third-order valence-corrected chi connectivity index (χ3v) is 7.02. The average molecular weight is 480 g/mol. The van der Waals surface area contributed by atoms with E-state index in [2.05, 4.69) is 20.9 Å². The first kappa shape index (κ1) is 21.5. The Bertz CT molecular complexity index is 1310. The number of benzene rings is 3. The molecule has 1 aromatic heterocycles. The Labute approximate surface area is 199 Å². The fraction of sp³-hybridized carbons (Fsp3) is 0.125. The number of aromatic nitrogens is 3. The summed E-state index contributed by atoms with van der Waals surface area (Å²) in [7, 11) is 0. The highest BCUT2D eigenvalue weighted by Gasteiger charge is 2.38. The van der Waals surface area contributed by atoms with Gasteiger partial charge in [-0.3, -0.25) is 4.79 Å². The molecule has 0 radical (unpaired) electrons. The highest BCUT2D eigenvalue weighted by molar-refractivity contribution is 8.00. The van der Waals surface area contributed by atoms with E-state index in [1.54, 1.807) is 22.9 Å². The predicted molar refractivity (Wildman–Crippen MR) is 128 cm³/mol. The summed E-state index contributed by atoms with van der Waals surface area (Å²) in [6.07, 6.45) is 0. The van der Waals surface area contributed by atoms with E-state index in [1.807, 2.05) is 49.4 Å². The van der Waals surface area contributed by atoms with Gasteiger partial charge in [-0.1, -0.05) is 71.9 Å². The molecule has 9 heteroatoms. The predicted octanol–water partition coefficient (Wildman–Crippen LogP) is 5.44. The van der Waals surface area contributed by atoms with Crippen LogP contribution in [0, 0.1) is 12.7 Å². The normalized spacial score (nSPS) is 17.2. The number of anilines is 1. The summed E-state index contributed by atoms with van der Waals surface area (Å²) < 4.78 is 15.4. The van der Waals surface area contributed by atoms with Crippen LogP contribution >= 0.6 is 23.4 Å². The van der Waals surface area contributed by atoms with Gasteiger partial charge in [0.05, 0.1) is 6.04 Å². The quantitative estimate of drug-likeness (QED) is 0.407. The van der Waals surface area contributed by atoms with E-state index in [-0.39, 0.29) is 11.7 Å². The van der Waals surface area contributed by atoms with Crippen LogP contribution in [-0.4, -0.2) is 26.0 Å². The van der Waals surface area contributed by atoms with Crippen molar-refractivity contribution in [3.8, 4) is 11.4 Å². The maximum absolute atomic E-state index is 13.6. The van der Waals surface area contributed by atoms with Crippen LogP contribution in [0.3, 0.4) is 0 Å². The summed E-state index contributed by atoms with van der Waals surface area (Å²) in [6.45, 7) is 1.90. The van der Waals surface area contributed by atoms with Crippen molar-refractivity contribution in [1.82, 2.24) is 14.9 Å². The van der Waals surface area contributed by atoms with Gasteiger partial charge in [0, 0.05) is 16.3 Å². The van der Waals surface area contributed by atoms with Crippen LogP contribution in [0.4, 0.5) is 10.1 Å². The lowest BCUT2D eigenvalue weighted by Crippen LogP contribution is -2.41. The lowest BCUT2D eigenvalue weighted by Gasteiger charge is -2.33. The topological polar surface area (TPSA) is 71.8 Å². The molecule has 2 N–H and O–H groups in total. The van der Waals surface area contributed by atoms with E-state index in [0.717, 1.165) is 16.7 Å². The van der Waals surface area contributed by atoms with Gasteiger partial charge >= 0.3 is 0 Å². The van der Waals surface area contributed by atoms with Gasteiger partial charge < -0.3 is 10.7 Å². The molecule has 0 unspecified atom stereocenters. The standard InChI is InChI=1S/C24H19ClFN5OS/c1-14-7-12-18(13-19(14)25)27-23(32)21-20(15-8-10-17(26)11-9-15)30-31-22(28-29-24(31)33-21)16-5-3-2-4-6-16/h2-13,20-21,30H,1H3,(H,27,32)/t20-,21-/m1/s1. The van der Waals surface area contributed by atoms with E-state index in [4.69, 9.17) is 11.6 Å². The Morgan fingerprint density at radius 1 is 1.09 bits per heavy atom. The first-order valence-corrected chi connectivity index (χ1v) is 11.5. The number of aryl methyl sites for hydroxylation is 1. The molecule has 1 amide bonds. The van der Waals surface area contributed by atoms with Crippen LogP contribution in [-0.2, 0) is 4.79 Å². The number of nitrogens with one attached hydrogen (secondary N) is 2. The largest absolute Gasteiger partial charge is 0.325 e. The monoisotopic (exact) mass is 479 g/mol. The third-order valence-electron chi connectivity index (χ3n) is 5.40. The Kier molecular flexibility index (Phi) is 5.78. The fourth-order valence-corrected chi connectivity index (χ4v) is 4.89. The fourth-order valence-electron chi connectivity index (χ4n) is 3.63. The number of carbonyl (C=O) groups is 1. The van der Waals surface area contributed by atoms with Crippen molar-refractivity contribution in [1.29, 1.82) is 0 Å². The SMILES string of the molecule is Cc1ccc(NC(=O)[C@@H]2Sc3nnc(-c4ccccc4)n3N[C@@H]2c2ccc(F)cc2)cc1Cl. The minimum atomic E-state index is -0.587. The molecule has 5 rings (SSSR count). The molecular formula is C24H19ClFN5OS. The van der Waals surface area contributed by atoms with Crippen LogP contribution in [0.5, 0.6) is 0 Å². The van der Waals surface area contributed by atoms with Crippen LogP contribution < -0.4 is 10.7 Å². The molecule has 0 saturated carbocycles. The molecule has 0 saturated heterocycles. The van der Waals surface area contributed by atoms with E-state index in [0.29, 0.717) is 21.7 Å². The summed E-state index contributed by atoms with van der Waals surface area (Å²) in [4.78, 5) is 13.4. The minimum Gasteiger partial charge on any atom is -0.325 e. The molecule has 1 aliphatic heterocycles. The van der Waals surface area contributed by atoms with Gasteiger partial charge in [0.2, 0.25) is 11.1 Å². The number of rotatable bonds is 4. The van der Waals surface area contributed by atoms with Crippen LogP contribution in [0.2, 0.25) is 5.02 Å². The van der Waals surface area contributed by atoms with Crippen molar-refractivity contribution >= 4 is 35.0 Å². The summed E-state index contributed by atoms with van der Waals surface area (Å²) in [5, 5.41) is 12.1. The number of hydrogen-bond donors (Lipinski definition) is 2. The molecule has 0 bridgehead atoms. The first-order valence-electron chi connectivity index (χ1n) is 10.3. The van der Waals surface area contributed by atoms with Crippen LogP contribution in [0.15, 0.2) is 78.0 Å². The summed E-state index contributed by atoms with van der Waals surface area (Å²) >= 11 is 7.53. The van der Waals surface area contributed by atoms with Crippen molar-refractivity contribution in [3.63, 3.8) is 0 Å². The Morgan fingerprint density at radius 2 is 1.85 bits per heavy atom. The van der Waals surface area contributed by atoms with E-state index >= 15 is 0 Å². The number of fused-ring (bicyclic) bond motifs is 1. The molecule has 0 spiro atoms. The minimum absolute atomic E-state index is 0.225. The molecule has 0 aliphatic carbocycles. The van der Waals surface area contributed by atoms with Crippen molar-refractivity contribution < 1.29 is 9.18 Å². The molecule has 2 atom stereocenters. The van der Waals surface area contributed by atoms with Crippen molar-refractivity contribution in [2.24, 2.45) is 0 Å². The first-order chi connectivity index (χ1) is 16.0. The second kappa shape index (κ2) is 8.88.